The molecule has 1 aromatic carbocycles. The molecule has 0 radical (unpaired) electrons. The van der Waals surface area contributed by atoms with Gasteiger partial charge < -0.3 is 24.7 Å². The topological polar surface area (TPSA) is 90.3 Å². The summed E-state index contributed by atoms with van der Waals surface area (Å²) in [7, 11) is 3.43. The van der Waals surface area contributed by atoms with Gasteiger partial charge in [-0.1, -0.05) is 13.0 Å². The third kappa shape index (κ3) is 5.10. The molecule has 2 amide bonds. The zero-order chi connectivity index (χ0) is 18.2. The number of hydrogen-bond acceptors (Lipinski definition) is 5. The summed E-state index contributed by atoms with van der Waals surface area (Å²) in [6, 6.07) is 5.09. The van der Waals surface area contributed by atoms with Gasteiger partial charge in [0.1, 0.15) is 6.33 Å². The molecule has 0 aliphatic heterocycles. The first kappa shape index (κ1) is 18.6. The number of carbonyl (C=O) groups is 1. The monoisotopic (exact) mass is 347 g/mol. The highest BCUT2D eigenvalue weighted by Gasteiger charge is 2.14. The third-order valence-electron chi connectivity index (χ3n) is 3.62. The number of ether oxygens (including phenoxy) is 2. The van der Waals surface area contributed by atoms with Gasteiger partial charge in [0.2, 0.25) is 0 Å². The molecule has 0 fully saturated rings. The van der Waals surface area contributed by atoms with Gasteiger partial charge in [0.05, 0.1) is 19.8 Å². The van der Waals surface area contributed by atoms with E-state index in [0.29, 0.717) is 30.5 Å². The molecule has 8 heteroatoms. The van der Waals surface area contributed by atoms with Crippen LogP contribution in [0.2, 0.25) is 0 Å². The number of aryl methyl sites for hydroxylation is 1. The number of rotatable bonds is 8. The highest BCUT2D eigenvalue weighted by atomic mass is 16.5. The number of hydrogen-bond donors (Lipinski definition) is 2. The third-order valence-corrected chi connectivity index (χ3v) is 3.62. The lowest BCUT2D eigenvalue weighted by molar-refractivity contribution is 0.237. The van der Waals surface area contributed by atoms with Gasteiger partial charge in [-0.15, -0.1) is 10.2 Å². The lowest BCUT2D eigenvalue weighted by Gasteiger charge is -2.15. The lowest BCUT2D eigenvalue weighted by atomic mass is 10.2. The highest BCUT2D eigenvalue weighted by molar-refractivity contribution is 5.74. The van der Waals surface area contributed by atoms with Gasteiger partial charge in [0.25, 0.3) is 0 Å². The molecule has 136 valence electrons. The van der Waals surface area contributed by atoms with Crippen molar-refractivity contribution in [3.05, 3.63) is 35.9 Å². The predicted octanol–water partition coefficient (Wildman–Crippen LogP) is 2.17. The summed E-state index contributed by atoms with van der Waals surface area (Å²) >= 11 is 0. The van der Waals surface area contributed by atoms with Crippen molar-refractivity contribution in [3.8, 4) is 11.5 Å². The van der Waals surface area contributed by atoms with Crippen LogP contribution in [-0.4, -0.2) is 34.5 Å². The molecule has 0 spiro atoms. The number of aromatic nitrogens is 3. The van der Waals surface area contributed by atoms with Crippen molar-refractivity contribution in [1.82, 2.24) is 25.4 Å². The zero-order valence-electron chi connectivity index (χ0n) is 15.1. The molecular weight excluding hydrogens is 322 g/mol. The van der Waals surface area contributed by atoms with Gasteiger partial charge in [0, 0.05) is 13.6 Å². The normalized spacial score (nSPS) is 11.7. The average molecular weight is 347 g/mol. The first-order valence-electron chi connectivity index (χ1n) is 8.23. The summed E-state index contributed by atoms with van der Waals surface area (Å²) < 4.78 is 12.7. The summed E-state index contributed by atoms with van der Waals surface area (Å²) in [6.07, 6.45) is 2.52. The molecule has 0 bridgehead atoms. The van der Waals surface area contributed by atoms with Gasteiger partial charge in [0.15, 0.2) is 17.3 Å². The molecule has 2 N–H and O–H groups in total. The molecule has 0 saturated heterocycles. The number of nitrogens with one attached hydrogen (secondary N) is 2. The van der Waals surface area contributed by atoms with E-state index in [1.807, 2.05) is 39.1 Å². The van der Waals surface area contributed by atoms with Gasteiger partial charge in [-0.3, -0.25) is 0 Å². The van der Waals surface area contributed by atoms with E-state index in [1.54, 1.807) is 18.0 Å². The Kier molecular flexibility index (Phi) is 6.62. The molecule has 25 heavy (non-hydrogen) atoms. The molecule has 0 aliphatic rings. The van der Waals surface area contributed by atoms with Crippen molar-refractivity contribution in [2.24, 2.45) is 7.05 Å². The van der Waals surface area contributed by atoms with Gasteiger partial charge >= 0.3 is 6.03 Å². The van der Waals surface area contributed by atoms with Crippen LogP contribution in [0.1, 0.15) is 37.7 Å². The van der Waals surface area contributed by atoms with E-state index in [9.17, 15) is 4.79 Å². The van der Waals surface area contributed by atoms with Gasteiger partial charge in [-0.05, 0) is 31.0 Å². The minimum Gasteiger partial charge on any atom is -0.493 e. The van der Waals surface area contributed by atoms with Crippen molar-refractivity contribution < 1.29 is 14.3 Å². The fourth-order valence-corrected chi connectivity index (χ4v) is 2.33. The van der Waals surface area contributed by atoms with Crippen LogP contribution in [0.25, 0.3) is 0 Å². The van der Waals surface area contributed by atoms with Crippen LogP contribution >= 0.6 is 0 Å². The number of urea groups is 1. The quantitative estimate of drug-likeness (QED) is 0.764. The second-order valence-corrected chi connectivity index (χ2v) is 5.68. The second-order valence-electron chi connectivity index (χ2n) is 5.68. The molecule has 2 rings (SSSR count). The molecule has 1 aromatic heterocycles. The van der Waals surface area contributed by atoms with Crippen molar-refractivity contribution in [2.75, 3.05) is 13.7 Å². The smallest absolute Gasteiger partial charge is 0.315 e. The van der Waals surface area contributed by atoms with E-state index in [-0.39, 0.29) is 12.1 Å². The van der Waals surface area contributed by atoms with E-state index < -0.39 is 0 Å². The molecule has 8 nitrogen and oxygen atoms in total. The van der Waals surface area contributed by atoms with Crippen molar-refractivity contribution >= 4 is 6.03 Å². The van der Waals surface area contributed by atoms with E-state index in [4.69, 9.17) is 9.47 Å². The Morgan fingerprint density at radius 2 is 2.16 bits per heavy atom. The summed E-state index contributed by atoms with van der Waals surface area (Å²) in [5.74, 6) is 2.04. The van der Waals surface area contributed by atoms with Crippen LogP contribution in [0, 0.1) is 0 Å². The van der Waals surface area contributed by atoms with Gasteiger partial charge in [-0.2, -0.15) is 0 Å². The standard InChI is InChI=1S/C17H25N5O3/c1-5-8-25-14-7-6-13(9-15(14)24-4)10-18-17(23)20-12(2)16-21-19-11-22(16)3/h6-7,9,11-12H,5,8,10H2,1-4H3,(H2,18,20,23)/t12-/m1/s1. The molecule has 1 heterocycles. The van der Waals surface area contributed by atoms with Crippen molar-refractivity contribution in [2.45, 2.75) is 32.9 Å². The van der Waals surface area contributed by atoms with E-state index >= 15 is 0 Å². The van der Waals surface area contributed by atoms with Crippen LogP contribution < -0.4 is 20.1 Å². The Morgan fingerprint density at radius 3 is 2.80 bits per heavy atom. The first-order valence-corrected chi connectivity index (χ1v) is 8.23. The van der Waals surface area contributed by atoms with Crippen LogP contribution in [0.4, 0.5) is 4.79 Å². The summed E-state index contributed by atoms with van der Waals surface area (Å²) in [5.41, 5.74) is 0.919. The van der Waals surface area contributed by atoms with Crippen LogP contribution in [0.15, 0.2) is 24.5 Å². The SMILES string of the molecule is CCCOc1ccc(CNC(=O)N[C@H](C)c2nncn2C)cc1OC. The Hall–Kier alpha value is -2.77. The summed E-state index contributed by atoms with van der Waals surface area (Å²) in [4.78, 5) is 12.1. The van der Waals surface area contributed by atoms with E-state index in [2.05, 4.69) is 20.8 Å². The Balaban J connectivity index is 1.89. The number of methoxy groups -OCH3 is 1. The number of amides is 2. The van der Waals surface area contributed by atoms with E-state index in [1.165, 1.54) is 0 Å². The Labute approximate surface area is 147 Å². The second kappa shape index (κ2) is 8.91. The Bertz CT molecular complexity index is 701. The molecule has 1 atom stereocenters. The summed E-state index contributed by atoms with van der Waals surface area (Å²) in [5, 5.41) is 13.4. The molecule has 0 unspecified atom stereocenters. The van der Waals surface area contributed by atoms with Crippen molar-refractivity contribution in [3.63, 3.8) is 0 Å². The predicted molar refractivity (Wildman–Crippen MR) is 93.6 cm³/mol. The average Bonchev–Trinajstić information content (AvgIpc) is 3.04. The Morgan fingerprint density at radius 1 is 1.36 bits per heavy atom. The fraction of sp³-hybridized carbons (Fsp3) is 0.471. The zero-order valence-corrected chi connectivity index (χ0v) is 15.1. The molecular formula is C17H25N5O3. The molecule has 0 saturated carbocycles. The van der Waals surface area contributed by atoms with Gasteiger partial charge in [-0.25, -0.2) is 4.79 Å². The maximum Gasteiger partial charge on any atom is 0.315 e. The highest BCUT2D eigenvalue weighted by Crippen LogP contribution is 2.28. The van der Waals surface area contributed by atoms with Crippen LogP contribution in [-0.2, 0) is 13.6 Å². The minimum atomic E-state index is -0.277. The number of benzene rings is 1. The fourth-order valence-electron chi connectivity index (χ4n) is 2.33. The maximum absolute atomic E-state index is 12.1. The lowest BCUT2D eigenvalue weighted by Crippen LogP contribution is -2.37. The minimum absolute atomic E-state index is 0.244. The summed E-state index contributed by atoms with van der Waals surface area (Å²) in [6.45, 7) is 4.91. The van der Waals surface area contributed by atoms with E-state index in [0.717, 1.165) is 12.0 Å². The first-order chi connectivity index (χ1) is 12.0. The molecule has 0 aliphatic carbocycles. The largest absolute Gasteiger partial charge is 0.493 e. The van der Waals surface area contributed by atoms with Crippen LogP contribution in [0.3, 0.4) is 0 Å². The van der Waals surface area contributed by atoms with Crippen LogP contribution in [0.5, 0.6) is 11.5 Å². The number of nitrogens with zero attached hydrogens (tertiary/aromatic N) is 3. The maximum atomic E-state index is 12.1. The number of carbonyl (C=O) groups excluding carboxylic acids is 1. The molecule has 2 aromatic rings. The van der Waals surface area contributed by atoms with Crippen molar-refractivity contribution in [1.29, 1.82) is 0 Å².